The maximum absolute atomic E-state index is 12.5. The molecule has 0 N–H and O–H groups in total. The van der Waals surface area contributed by atoms with Crippen LogP contribution in [-0.2, 0) is 14.4 Å². The zero-order chi connectivity index (χ0) is 14.3. The van der Waals surface area contributed by atoms with Gasteiger partial charge in [0.05, 0.1) is 4.90 Å². The largest absolute Gasteiger partial charge is 0.406 e. The highest BCUT2D eigenvalue weighted by Gasteiger charge is 2.51. The predicted molar refractivity (Wildman–Crippen MR) is 60.6 cm³/mol. The fourth-order valence-electron chi connectivity index (χ4n) is 1.65. The fourth-order valence-corrected chi connectivity index (χ4v) is 2.64. The minimum Gasteiger partial charge on any atom is -0.192 e. The summed E-state index contributed by atoms with van der Waals surface area (Å²) in [4.78, 5) is -0.161. The summed E-state index contributed by atoms with van der Waals surface area (Å²) < 4.78 is 65.5. The molecule has 1 unspecified atom stereocenters. The van der Waals surface area contributed by atoms with Crippen LogP contribution in [0.2, 0.25) is 0 Å². The highest BCUT2D eigenvalue weighted by Crippen LogP contribution is 2.34. The van der Waals surface area contributed by atoms with Crippen molar-refractivity contribution in [2.75, 3.05) is 6.54 Å². The molecule has 1 fully saturated rings. The van der Waals surface area contributed by atoms with Gasteiger partial charge in [0.25, 0.3) is 0 Å². The zero-order valence-corrected chi connectivity index (χ0v) is 10.8. The van der Waals surface area contributed by atoms with Crippen LogP contribution in [-0.4, -0.2) is 32.2 Å². The number of aryl methyl sites for hydroxylation is 1. The van der Waals surface area contributed by atoms with E-state index in [0.717, 1.165) is 5.56 Å². The number of hydroxylamine groups is 2. The lowest BCUT2D eigenvalue weighted by molar-refractivity contribution is -0.275. The summed E-state index contributed by atoms with van der Waals surface area (Å²) in [7, 11) is -4.20. The van der Waals surface area contributed by atoms with Gasteiger partial charge in [0, 0.05) is 6.54 Å². The first kappa shape index (κ1) is 14.3. The molecule has 1 heterocycles. The summed E-state index contributed by atoms with van der Waals surface area (Å²) in [6.45, 7) is 1.71. The van der Waals surface area contributed by atoms with Crippen molar-refractivity contribution in [3.05, 3.63) is 29.8 Å². The first-order chi connectivity index (χ1) is 8.70. The molecule has 106 valence electrons. The number of nitrogens with zero attached hydrogens (tertiary/aromatic N) is 1. The van der Waals surface area contributed by atoms with E-state index in [1.54, 1.807) is 19.1 Å². The maximum atomic E-state index is 12.5. The Hall–Kier alpha value is -1.12. The van der Waals surface area contributed by atoms with E-state index >= 15 is 0 Å². The molecule has 0 radical (unpaired) electrons. The lowest BCUT2D eigenvalue weighted by Gasteiger charge is -2.39. The predicted octanol–water partition coefficient (Wildman–Crippen LogP) is 2.25. The summed E-state index contributed by atoms with van der Waals surface area (Å²) in [5.74, 6) is 0. The summed E-state index contributed by atoms with van der Waals surface area (Å²) in [6, 6.07) is 3.84. The van der Waals surface area contributed by atoms with Crippen molar-refractivity contribution in [3.8, 4) is 0 Å². The Morgan fingerprint density at radius 2 is 1.84 bits per heavy atom. The average Bonchev–Trinajstić information content (AvgIpc) is 2.23. The van der Waals surface area contributed by atoms with Gasteiger partial charge in [-0.05, 0) is 25.5 Å². The van der Waals surface area contributed by atoms with Crippen molar-refractivity contribution in [3.63, 3.8) is 0 Å². The quantitative estimate of drug-likeness (QED) is 0.858. The van der Waals surface area contributed by atoms with Gasteiger partial charge in [0.15, 0.2) is 0 Å². The van der Waals surface area contributed by atoms with Crippen LogP contribution in [0.5, 0.6) is 0 Å². The molecule has 0 aliphatic carbocycles. The van der Waals surface area contributed by atoms with Gasteiger partial charge in [-0.15, -0.1) is 0 Å². The monoisotopic (exact) mass is 295 g/mol. The third-order valence-corrected chi connectivity index (χ3v) is 4.09. The highest BCUT2D eigenvalue weighted by atomic mass is 32.2. The summed E-state index contributed by atoms with van der Waals surface area (Å²) >= 11 is 0. The van der Waals surface area contributed by atoms with Crippen LogP contribution in [0.15, 0.2) is 29.2 Å². The molecular formula is C11H12F3NO3S. The summed E-state index contributed by atoms with van der Waals surface area (Å²) in [6.07, 6.45) is -4.64. The van der Waals surface area contributed by atoms with Crippen molar-refractivity contribution >= 4 is 10.1 Å². The third-order valence-electron chi connectivity index (χ3n) is 2.85. The van der Waals surface area contributed by atoms with Crippen LogP contribution in [0.25, 0.3) is 0 Å². The second kappa shape index (κ2) is 4.77. The van der Waals surface area contributed by atoms with Crippen molar-refractivity contribution in [1.29, 1.82) is 0 Å². The van der Waals surface area contributed by atoms with E-state index in [-0.39, 0.29) is 17.9 Å². The lowest BCUT2D eigenvalue weighted by Crippen LogP contribution is -2.56. The van der Waals surface area contributed by atoms with E-state index in [2.05, 4.69) is 4.28 Å². The van der Waals surface area contributed by atoms with Gasteiger partial charge in [0.2, 0.25) is 0 Å². The molecule has 1 aliphatic heterocycles. The summed E-state index contributed by atoms with van der Waals surface area (Å²) in [5, 5.41) is 0.454. The minimum absolute atomic E-state index is 0.0602. The minimum atomic E-state index is -4.49. The van der Waals surface area contributed by atoms with Gasteiger partial charge in [-0.2, -0.15) is 30.9 Å². The molecule has 4 nitrogen and oxygen atoms in total. The molecule has 19 heavy (non-hydrogen) atoms. The molecule has 0 saturated carbocycles. The molecule has 2 rings (SSSR count). The highest BCUT2D eigenvalue weighted by molar-refractivity contribution is 7.86. The van der Waals surface area contributed by atoms with Gasteiger partial charge in [0.1, 0.15) is 6.04 Å². The van der Waals surface area contributed by atoms with Crippen molar-refractivity contribution in [1.82, 2.24) is 5.06 Å². The molecule has 0 aromatic heterocycles. The Morgan fingerprint density at radius 3 is 2.26 bits per heavy atom. The molecule has 1 saturated heterocycles. The molecule has 1 aliphatic rings. The maximum Gasteiger partial charge on any atom is 0.406 e. The molecule has 0 amide bonds. The number of alkyl halides is 3. The van der Waals surface area contributed by atoms with Crippen LogP contribution >= 0.6 is 0 Å². The third kappa shape index (κ3) is 3.07. The first-order valence-electron chi connectivity index (χ1n) is 5.55. The lowest BCUT2D eigenvalue weighted by atomic mass is 10.1. The van der Waals surface area contributed by atoms with Gasteiger partial charge in [-0.25, -0.2) is 0 Å². The normalized spacial score (nSPS) is 21.2. The topological polar surface area (TPSA) is 46.6 Å². The first-order valence-corrected chi connectivity index (χ1v) is 6.95. The van der Waals surface area contributed by atoms with E-state index in [4.69, 9.17) is 0 Å². The van der Waals surface area contributed by atoms with Crippen molar-refractivity contribution < 1.29 is 25.9 Å². The van der Waals surface area contributed by atoms with E-state index in [9.17, 15) is 21.6 Å². The zero-order valence-electron chi connectivity index (χ0n) is 10.0. The van der Waals surface area contributed by atoms with Crippen LogP contribution in [0.1, 0.15) is 12.0 Å². The van der Waals surface area contributed by atoms with E-state index in [1.807, 2.05) is 0 Å². The van der Waals surface area contributed by atoms with Gasteiger partial charge in [-0.3, -0.25) is 0 Å². The Labute approximate surface area is 108 Å². The van der Waals surface area contributed by atoms with Gasteiger partial charge >= 0.3 is 16.3 Å². The molecule has 1 aromatic rings. The Balaban J connectivity index is 2.12. The van der Waals surface area contributed by atoms with E-state index < -0.39 is 22.3 Å². The van der Waals surface area contributed by atoms with Gasteiger partial charge in [-0.1, -0.05) is 17.7 Å². The smallest absolute Gasteiger partial charge is 0.192 e. The second-order valence-corrected chi connectivity index (χ2v) is 5.86. The average molecular weight is 295 g/mol. The Morgan fingerprint density at radius 1 is 1.26 bits per heavy atom. The Kier molecular flexibility index (Phi) is 3.59. The van der Waals surface area contributed by atoms with Crippen molar-refractivity contribution in [2.45, 2.75) is 30.5 Å². The summed E-state index contributed by atoms with van der Waals surface area (Å²) in [5.41, 5.74) is 0.844. The fraction of sp³-hybridized carbons (Fsp3) is 0.455. The standard InChI is InChI=1S/C11H12F3NO3S/c1-8-2-4-9(5-3-8)19(16,17)18-15-7-6-10(15)11(12,13)14/h2-5,10H,6-7H2,1H3. The number of hydrogen-bond acceptors (Lipinski definition) is 4. The van der Waals surface area contributed by atoms with Crippen LogP contribution in [0.4, 0.5) is 13.2 Å². The number of rotatable bonds is 3. The second-order valence-electron chi connectivity index (χ2n) is 4.33. The van der Waals surface area contributed by atoms with Crippen LogP contribution in [0.3, 0.4) is 0 Å². The van der Waals surface area contributed by atoms with E-state index in [0.29, 0.717) is 5.06 Å². The molecule has 1 atom stereocenters. The van der Waals surface area contributed by atoms with Crippen molar-refractivity contribution in [2.24, 2.45) is 0 Å². The van der Waals surface area contributed by atoms with Gasteiger partial charge < -0.3 is 0 Å². The van der Waals surface area contributed by atoms with Crippen LogP contribution in [0, 0.1) is 6.92 Å². The van der Waals surface area contributed by atoms with E-state index in [1.165, 1.54) is 12.1 Å². The molecule has 8 heteroatoms. The molecule has 0 bridgehead atoms. The Bertz CT molecular complexity index is 554. The molecule has 0 spiro atoms. The number of halogens is 3. The SMILES string of the molecule is Cc1ccc(S(=O)(=O)ON2CCC2C(F)(F)F)cc1. The van der Waals surface area contributed by atoms with Crippen LogP contribution < -0.4 is 0 Å². The number of benzene rings is 1. The number of hydrogen-bond donors (Lipinski definition) is 0. The molecular weight excluding hydrogens is 283 g/mol. The molecule has 1 aromatic carbocycles.